The standard InChI is InChI=1S/C28H36ClN7OS/c1-27(2,3)22-12-10-20(25(29)34-22)26(37)36-38-24-8-6-7-23(35-24)33-21(19-15-30-17-31-16-19)11-9-18-13-28(4,5)32-14-18/h6-8,10,12,15-18,21,32H,9,11,13-14H2,1-5H3,(H,33,35)(H,36,37). The highest BCUT2D eigenvalue weighted by Crippen LogP contribution is 2.31. The van der Waals surface area contributed by atoms with Gasteiger partial charge in [0.15, 0.2) is 0 Å². The van der Waals surface area contributed by atoms with Crippen LogP contribution >= 0.6 is 23.5 Å². The monoisotopic (exact) mass is 553 g/mol. The van der Waals surface area contributed by atoms with E-state index in [1.54, 1.807) is 12.4 Å². The molecule has 2 atom stereocenters. The van der Waals surface area contributed by atoms with E-state index < -0.39 is 0 Å². The first-order chi connectivity index (χ1) is 18.0. The molecule has 3 N–H and O–H groups in total. The van der Waals surface area contributed by atoms with Crippen molar-refractivity contribution in [1.29, 1.82) is 0 Å². The van der Waals surface area contributed by atoms with E-state index >= 15 is 0 Å². The number of halogens is 1. The molecule has 3 aromatic rings. The quantitative estimate of drug-likeness (QED) is 0.220. The van der Waals surface area contributed by atoms with Gasteiger partial charge < -0.3 is 10.6 Å². The van der Waals surface area contributed by atoms with Crippen LogP contribution in [0.15, 0.2) is 54.1 Å². The van der Waals surface area contributed by atoms with Crippen molar-refractivity contribution in [2.75, 3.05) is 11.9 Å². The lowest BCUT2D eigenvalue weighted by molar-refractivity contribution is 0.0984. The third kappa shape index (κ3) is 7.65. The first-order valence-corrected chi connectivity index (χ1v) is 14.1. The van der Waals surface area contributed by atoms with E-state index in [1.165, 1.54) is 0 Å². The number of hydrogen-bond acceptors (Lipinski definition) is 8. The maximum Gasteiger partial charge on any atom is 0.264 e. The summed E-state index contributed by atoms with van der Waals surface area (Å²) in [5, 5.41) is 8.01. The third-order valence-corrected chi connectivity index (χ3v) is 7.68. The number of pyridine rings is 2. The molecule has 8 nitrogen and oxygen atoms in total. The first kappa shape index (κ1) is 28.3. The zero-order chi connectivity index (χ0) is 27.3. The molecule has 0 aliphatic carbocycles. The molecule has 4 rings (SSSR count). The van der Waals surface area contributed by atoms with Crippen LogP contribution in [-0.4, -0.2) is 37.9 Å². The Labute approximate surface area is 234 Å². The summed E-state index contributed by atoms with van der Waals surface area (Å²) >= 11 is 7.47. The molecule has 1 aliphatic heterocycles. The summed E-state index contributed by atoms with van der Waals surface area (Å²) in [6, 6.07) is 9.27. The lowest BCUT2D eigenvalue weighted by Gasteiger charge is -2.22. The molecule has 1 saturated heterocycles. The largest absolute Gasteiger partial charge is 0.363 e. The number of hydrogen-bond donors (Lipinski definition) is 3. The number of nitrogens with zero attached hydrogens (tertiary/aromatic N) is 4. The number of nitrogens with one attached hydrogen (secondary N) is 3. The van der Waals surface area contributed by atoms with Crippen LogP contribution in [0.25, 0.3) is 0 Å². The highest BCUT2D eigenvalue weighted by molar-refractivity contribution is 7.97. The van der Waals surface area contributed by atoms with E-state index in [4.69, 9.17) is 16.6 Å². The molecule has 10 heteroatoms. The molecule has 1 fully saturated rings. The first-order valence-electron chi connectivity index (χ1n) is 12.9. The summed E-state index contributed by atoms with van der Waals surface area (Å²) in [6.07, 6.45) is 8.41. The van der Waals surface area contributed by atoms with Gasteiger partial charge >= 0.3 is 0 Å². The molecule has 1 aliphatic rings. The predicted octanol–water partition coefficient (Wildman–Crippen LogP) is 5.98. The van der Waals surface area contributed by atoms with Crippen LogP contribution in [0, 0.1) is 5.92 Å². The fourth-order valence-electron chi connectivity index (χ4n) is 4.61. The SMILES string of the molecule is CC1(C)CC(CCC(Nc2cccc(SNC(=O)c3ccc(C(C)(C)C)nc3Cl)n2)c2cncnc2)CN1. The number of amides is 1. The molecule has 38 heavy (non-hydrogen) atoms. The van der Waals surface area contributed by atoms with Gasteiger partial charge in [-0.25, -0.2) is 19.9 Å². The van der Waals surface area contributed by atoms with E-state index in [1.807, 2.05) is 36.7 Å². The van der Waals surface area contributed by atoms with Crippen LogP contribution < -0.4 is 15.4 Å². The summed E-state index contributed by atoms with van der Waals surface area (Å²) < 4.78 is 2.83. The highest BCUT2D eigenvalue weighted by Gasteiger charge is 2.30. The van der Waals surface area contributed by atoms with Gasteiger partial charge in [-0.3, -0.25) is 9.52 Å². The molecule has 0 saturated carbocycles. The minimum Gasteiger partial charge on any atom is -0.363 e. The smallest absolute Gasteiger partial charge is 0.264 e. The topological polar surface area (TPSA) is 105 Å². The molecule has 0 radical (unpaired) electrons. The second kappa shape index (κ2) is 12.0. The van der Waals surface area contributed by atoms with Crippen LogP contribution in [0.5, 0.6) is 0 Å². The van der Waals surface area contributed by atoms with Crippen molar-refractivity contribution in [3.8, 4) is 0 Å². The van der Waals surface area contributed by atoms with Gasteiger partial charge in [0.05, 0.1) is 11.6 Å². The molecular formula is C28H36ClN7OS. The van der Waals surface area contributed by atoms with Gasteiger partial charge in [-0.05, 0) is 69.8 Å². The second-order valence-electron chi connectivity index (χ2n) is 11.5. The Kier molecular flexibility index (Phi) is 8.90. The Balaban J connectivity index is 1.40. The zero-order valence-corrected chi connectivity index (χ0v) is 24.2. The molecule has 0 spiro atoms. The van der Waals surface area contributed by atoms with Gasteiger partial charge in [0, 0.05) is 46.6 Å². The molecule has 0 aromatic carbocycles. The lowest BCUT2D eigenvalue weighted by Crippen LogP contribution is -2.31. The van der Waals surface area contributed by atoms with Crippen LogP contribution in [0.1, 0.15) is 81.5 Å². The minimum absolute atomic E-state index is 0.0217. The van der Waals surface area contributed by atoms with E-state index in [9.17, 15) is 4.79 Å². The Morgan fingerprint density at radius 3 is 2.61 bits per heavy atom. The maximum atomic E-state index is 12.8. The number of aromatic nitrogens is 4. The van der Waals surface area contributed by atoms with Gasteiger partial charge in [-0.15, -0.1) is 0 Å². The number of anilines is 1. The minimum atomic E-state index is -0.319. The fraction of sp³-hybridized carbons (Fsp3) is 0.464. The second-order valence-corrected chi connectivity index (χ2v) is 12.6. The van der Waals surface area contributed by atoms with Crippen molar-refractivity contribution in [2.24, 2.45) is 5.92 Å². The van der Waals surface area contributed by atoms with Crippen molar-refractivity contribution in [3.05, 3.63) is 71.0 Å². The van der Waals surface area contributed by atoms with Gasteiger partial charge in [-0.2, -0.15) is 0 Å². The Bertz CT molecular complexity index is 1250. The molecular weight excluding hydrogens is 518 g/mol. The molecule has 1 amide bonds. The summed E-state index contributed by atoms with van der Waals surface area (Å²) in [5.41, 5.74) is 2.22. The average Bonchev–Trinajstić information content (AvgIpc) is 3.23. The van der Waals surface area contributed by atoms with Crippen molar-refractivity contribution >= 4 is 35.3 Å². The van der Waals surface area contributed by atoms with Gasteiger partial charge in [-0.1, -0.05) is 38.4 Å². The number of carbonyl (C=O) groups is 1. The van der Waals surface area contributed by atoms with E-state index in [2.05, 4.69) is 64.9 Å². The number of carbonyl (C=O) groups excluding carboxylic acids is 1. The Morgan fingerprint density at radius 1 is 1.18 bits per heavy atom. The van der Waals surface area contributed by atoms with E-state index in [0.29, 0.717) is 16.5 Å². The van der Waals surface area contributed by atoms with Crippen LogP contribution in [0.2, 0.25) is 5.15 Å². The third-order valence-electron chi connectivity index (χ3n) is 6.67. The van der Waals surface area contributed by atoms with Crippen molar-refractivity contribution in [3.63, 3.8) is 0 Å². The van der Waals surface area contributed by atoms with E-state index in [0.717, 1.165) is 54.8 Å². The summed E-state index contributed by atoms with van der Waals surface area (Å²) in [4.78, 5) is 30.3. The highest BCUT2D eigenvalue weighted by atomic mass is 35.5. The van der Waals surface area contributed by atoms with Crippen molar-refractivity contribution in [1.82, 2.24) is 30.0 Å². The molecule has 4 heterocycles. The molecule has 3 aromatic heterocycles. The fourth-order valence-corrected chi connectivity index (χ4v) is 5.45. The lowest BCUT2D eigenvalue weighted by atomic mass is 9.91. The summed E-state index contributed by atoms with van der Waals surface area (Å²) in [7, 11) is 0. The Hall–Kier alpha value is -2.75. The molecule has 2 unspecified atom stereocenters. The normalized spacial score (nSPS) is 17.7. The van der Waals surface area contributed by atoms with Crippen LogP contribution in [-0.2, 0) is 5.41 Å². The molecule has 0 bridgehead atoms. The summed E-state index contributed by atoms with van der Waals surface area (Å²) in [6.45, 7) is 11.7. The Morgan fingerprint density at radius 2 is 1.95 bits per heavy atom. The van der Waals surface area contributed by atoms with Crippen molar-refractivity contribution < 1.29 is 4.79 Å². The number of rotatable bonds is 9. The van der Waals surface area contributed by atoms with E-state index in [-0.39, 0.29) is 28.1 Å². The van der Waals surface area contributed by atoms with Gasteiger partial charge in [0.1, 0.15) is 22.3 Å². The van der Waals surface area contributed by atoms with Gasteiger partial charge in [0.2, 0.25) is 0 Å². The van der Waals surface area contributed by atoms with Crippen molar-refractivity contribution in [2.45, 2.75) is 75.9 Å². The van der Waals surface area contributed by atoms with Crippen LogP contribution in [0.3, 0.4) is 0 Å². The maximum absolute atomic E-state index is 12.8. The molecule has 202 valence electrons. The summed E-state index contributed by atoms with van der Waals surface area (Å²) in [5.74, 6) is 1.03. The zero-order valence-electron chi connectivity index (χ0n) is 22.6. The predicted molar refractivity (Wildman–Crippen MR) is 153 cm³/mol. The van der Waals surface area contributed by atoms with Gasteiger partial charge in [0.25, 0.3) is 5.91 Å². The average molecular weight is 554 g/mol. The van der Waals surface area contributed by atoms with Crippen LogP contribution in [0.4, 0.5) is 5.82 Å².